The molecular formula is C10H9NaO3S. The van der Waals surface area contributed by atoms with Crippen LogP contribution in [-0.4, -0.2) is 38.0 Å². The monoisotopic (exact) mass is 232 g/mol. The first-order chi connectivity index (χ1) is 6.75. The molecule has 0 heterocycles. The molecule has 0 spiro atoms. The maximum atomic E-state index is 10.3. The van der Waals surface area contributed by atoms with E-state index in [1.807, 2.05) is 30.3 Å². The molecule has 0 N–H and O–H groups in total. The third kappa shape index (κ3) is 3.21. The first-order valence-corrected chi connectivity index (χ1v) is 5.16. The second-order valence-electron chi connectivity index (χ2n) is 2.82. The molecule has 0 atom stereocenters. The van der Waals surface area contributed by atoms with Crippen LogP contribution in [0.1, 0.15) is 0 Å². The van der Waals surface area contributed by atoms with Gasteiger partial charge >= 0.3 is 29.6 Å². The van der Waals surface area contributed by atoms with Crippen molar-refractivity contribution in [1.82, 2.24) is 0 Å². The topological polar surface area (TPSA) is 43.4 Å². The quantitative estimate of drug-likeness (QED) is 0.622. The van der Waals surface area contributed by atoms with Crippen LogP contribution in [0, 0.1) is 0 Å². The van der Waals surface area contributed by atoms with Crippen molar-refractivity contribution in [1.29, 1.82) is 0 Å². The molecule has 0 aliphatic carbocycles. The summed E-state index contributed by atoms with van der Waals surface area (Å²) in [7, 11) is -2.83. The second-order valence-corrected chi connectivity index (χ2v) is 3.45. The molecule has 3 nitrogen and oxygen atoms in total. The van der Waals surface area contributed by atoms with Crippen molar-refractivity contribution in [2.45, 2.75) is 0 Å². The summed E-state index contributed by atoms with van der Waals surface area (Å²) >= 11 is 0. The van der Waals surface area contributed by atoms with Gasteiger partial charge in [-0.2, -0.15) is 8.42 Å². The Morgan fingerprint density at radius 3 is 2.27 bits per heavy atom. The van der Waals surface area contributed by atoms with Gasteiger partial charge in [0.2, 0.25) is 0 Å². The second kappa shape index (κ2) is 5.51. The molecule has 0 saturated carbocycles. The van der Waals surface area contributed by atoms with E-state index in [-0.39, 0.29) is 29.6 Å². The minimum absolute atomic E-state index is 0. The predicted octanol–water partition coefficient (Wildman–Crippen LogP) is 1.10. The summed E-state index contributed by atoms with van der Waals surface area (Å²) in [5, 5.41) is 2.02. The summed E-state index contributed by atoms with van der Waals surface area (Å²) in [5.41, 5.74) is 0. The SMILES string of the molecule is O=[SH](=O)Oc1ccc2ccccc2c1.[NaH]. The van der Waals surface area contributed by atoms with Crippen molar-refractivity contribution >= 4 is 51.3 Å². The molecule has 5 heteroatoms. The average molecular weight is 232 g/mol. The zero-order valence-electron chi connectivity index (χ0n) is 7.21. The Kier molecular flexibility index (Phi) is 4.60. The van der Waals surface area contributed by atoms with Gasteiger partial charge in [0, 0.05) is 0 Å². The van der Waals surface area contributed by atoms with Gasteiger partial charge in [-0.15, -0.1) is 0 Å². The van der Waals surface area contributed by atoms with Gasteiger partial charge in [-0.25, -0.2) is 0 Å². The van der Waals surface area contributed by atoms with Crippen LogP contribution in [0.4, 0.5) is 0 Å². The van der Waals surface area contributed by atoms with E-state index in [4.69, 9.17) is 0 Å². The molecule has 0 amide bonds. The fraction of sp³-hybridized carbons (Fsp3) is 0. The number of hydrogen-bond acceptors (Lipinski definition) is 3. The zero-order valence-corrected chi connectivity index (χ0v) is 8.11. The van der Waals surface area contributed by atoms with E-state index in [1.54, 1.807) is 12.1 Å². The molecule has 0 unspecified atom stereocenters. The molecule has 0 bridgehead atoms. The van der Waals surface area contributed by atoms with Gasteiger partial charge < -0.3 is 4.18 Å². The van der Waals surface area contributed by atoms with Gasteiger partial charge in [-0.1, -0.05) is 30.3 Å². The van der Waals surface area contributed by atoms with Gasteiger partial charge in [0.05, 0.1) is 0 Å². The van der Waals surface area contributed by atoms with Crippen LogP contribution in [0.3, 0.4) is 0 Å². The molecule has 2 rings (SSSR count). The summed E-state index contributed by atoms with van der Waals surface area (Å²) in [4.78, 5) is 0. The predicted molar refractivity (Wildman–Crippen MR) is 62.0 cm³/mol. The molecule has 74 valence electrons. The fourth-order valence-electron chi connectivity index (χ4n) is 1.31. The molecule has 15 heavy (non-hydrogen) atoms. The van der Waals surface area contributed by atoms with Crippen molar-refractivity contribution < 1.29 is 12.6 Å². The Hall–Kier alpha value is -0.550. The average Bonchev–Trinajstić information content (AvgIpc) is 2.17. The summed E-state index contributed by atoms with van der Waals surface area (Å²) in [6.45, 7) is 0. The van der Waals surface area contributed by atoms with Crippen LogP contribution in [0.15, 0.2) is 42.5 Å². The summed E-state index contributed by atoms with van der Waals surface area (Å²) in [6, 6.07) is 12.8. The number of thiol groups is 1. The van der Waals surface area contributed by atoms with Crippen LogP contribution in [0.5, 0.6) is 5.75 Å². The minimum atomic E-state index is -2.83. The standard InChI is InChI=1S/C10H8O3S.Na.H/c11-14(12)13-10-6-5-8-3-1-2-4-9(8)7-10;;/h1-7,14H;;. The van der Waals surface area contributed by atoms with Gasteiger partial charge in [0.25, 0.3) is 11.0 Å². The summed E-state index contributed by atoms with van der Waals surface area (Å²) in [5.74, 6) is 0.347. The normalized spacial score (nSPS) is 9.93. The van der Waals surface area contributed by atoms with Crippen molar-refractivity contribution in [3.05, 3.63) is 42.5 Å². The Labute approximate surface area is 112 Å². The maximum absolute atomic E-state index is 10.3. The van der Waals surface area contributed by atoms with Crippen molar-refractivity contribution in [2.24, 2.45) is 0 Å². The molecule has 2 aromatic rings. The van der Waals surface area contributed by atoms with E-state index < -0.39 is 11.0 Å². The third-order valence-electron chi connectivity index (χ3n) is 1.90. The van der Waals surface area contributed by atoms with E-state index in [9.17, 15) is 8.42 Å². The van der Waals surface area contributed by atoms with Gasteiger partial charge in [-0.3, -0.25) is 0 Å². The Morgan fingerprint density at radius 2 is 1.60 bits per heavy atom. The van der Waals surface area contributed by atoms with Crippen LogP contribution < -0.4 is 4.18 Å². The van der Waals surface area contributed by atoms with Gasteiger partial charge in [-0.05, 0) is 22.9 Å². The molecule has 0 aromatic heterocycles. The molecule has 0 fully saturated rings. The number of fused-ring (bicyclic) bond motifs is 1. The summed E-state index contributed by atoms with van der Waals surface area (Å²) in [6.07, 6.45) is 0. The van der Waals surface area contributed by atoms with Gasteiger partial charge in [0.1, 0.15) is 5.75 Å². The van der Waals surface area contributed by atoms with Gasteiger partial charge in [0.15, 0.2) is 0 Å². The molecule has 0 aliphatic rings. The zero-order chi connectivity index (χ0) is 9.97. The number of rotatable bonds is 2. The van der Waals surface area contributed by atoms with Crippen molar-refractivity contribution in [3.63, 3.8) is 0 Å². The summed E-state index contributed by atoms with van der Waals surface area (Å²) < 4.78 is 25.2. The van der Waals surface area contributed by atoms with Crippen molar-refractivity contribution in [2.75, 3.05) is 0 Å². The van der Waals surface area contributed by atoms with Crippen LogP contribution in [0.25, 0.3) is 10.8 Å². The Bertz CT molecular complexity index is 529. The van der Waals surface area contributed by atoms with E-state index >= 15 is 0 Å². The number of benzene rings is 2. The van der Waals surface area contributed by atoms with E-state index in [0.29, 0.717) is 5.75 Å². The Morgan fingerprint density at radius 1 is 0.933 bits per heavy atom. The first kappa shape index (κ1) is 12.5. The molecule has 0 saturated heterocycles. The molecule has 0 aliphatic heterocycles. The molecule has 0 radical (unpaired) electrons. The van der Waals surface area contributed by atoms with E-state index in [0.717, 1.165) is 10.8 Å². The van der Waals surface area contributed by atoms with Crippen LogP contribution >= 0.6 is 0 Å². The first-order valence-electron chi connectivity index (χ1n) is 4.07. The van der Waals surface area contributed by atoms with E-state index in [2.05, 4.69) is 4.18 Å². The van der Waals surface area contributed by atoms with Crippen molar-refractivity contribution in [3.8, 4) is 5.75 Å². The van der Waals surface area contributed by atoms with Crippen LogP contribution in [0.2, 0.25) is 0 Å². The molecule has 2 aromatic carbocycles. The third-order valence-corrected chi connectivity index (χ3v) is 2.26. The number of hydrogen-bond donors (Lipinski definition) is 1. The Balaban J connectivity index is 0.00000112. The molecular weight excluding hydrogens is 223 g/mol. The fourth-order valence-corrected chi connectivity index (χ4v) is 1.60. The van der Waals surface area contributed by atoms with E-state index in [1.165, 1.54) is 0 Å². The van der Waals surface area contributed by atoms with Crippen LogP contribution in [-0.2, 0) is 11.0 Å².